The molecule has 2 amide bonds. The number of halogens is 1. The lowest BCUT2D eigenvalue weighted by atomic mass is 10.0. The van der Waals surface area contributed by atoms with Crippen molar-refractivity contribution in [3.63, 3.8) is 0 Å². The second kappa shape index (κ2) is 7.93. The fourth-order valence-electron chi connectivity index (χ4n) is 3.76. The van der Waals surface area contributed by atoms with Crippen LogP contribution in [0.15, 0.2) is 53.0 Å². The normalized spacial score (nSPS) is 19.9. The van der Waals surface area contributed by atoms with Gasteiger partial charge in [0.25, 0.3) is 5.91 Å². The summed E-state index contributed by atoms with van der Waals surface area (Å²) in [6, 6.07) is 15.5. The molecule has 0 unspecified atom stereocenters. The predicted molar refractivity (Wildman–Crippen MR) is 110 cm³/mol. The Kier molecular flexibility index (Phi) is 5.37. The minimum atomic E-state index is -0.200. The van der Waals surface area contributed by atoms with E-state index in [9.17, 15) is 9.59 Å². The van der Waals surface area contributed by atoms with Crippen LogP contribution in [-0.2, 0) is 9.59 Å². The monoisotopic (exact) mass is 443 g/mol. The standard InChI is InChI=1S/C21H22BrN3O3/c1-23-9-10-24(18(12-23)15-5-3-2-4-6-15)20(26)13-25-17-8-7-16(22)11-19(17)28-14-21(25)27/h2-8,11,18H,9-10,12-14H2,1H3/t18-/m1/s1. The van der Waals surface area contributed by atoms with Crippen molar-refractivity contribution >= 4 is 33.4 Å². The smallest absolute Gasteiger partial charge is 0.265 e. The minimum absolute atomic E-state index is 0.0177. The molecule has 0 bridgehead atoms. The number of likely N-dealkylation sites (N-methyl/N-ethyl adjacent to an activating group) is 1. The molecule has 146 valence electrons. The summed E-state index contributed by atoms with van der Waals surface area (Å²) >= 11 is 3.41. The number of hydrogen-bond donors (Lipinski definition) is 0. The maximum atomic E-state index is 13.2. The first-order valence-electron chi connectivity index (χ1n) is 9.28. The molecule has 6 nitrogen and oxygen atoms in total. The summed E-state index contributed by atoms with van der Waals surface area (Å²) < 4.78 is 6.40. The molecule has 1 fully saturated rings. The number of hydrogen-bond acceptors (Lipinski definition) is 4. The molecule has 1 saturated heterocycles. The van der Waals surface area contributed by atoms with E-state index in [0.29, 0.717) is 18.0 Å². The first-order chi connectivity index (χ1) is 13.5. The van der Waals surface area contributed by atoms with Crippen LogP contribution in [0.1, 0.15) is 11.6 Å². The van der Waals surface area contributed by atoms with E-state index in [2.05, 4.69) is 40.0 Å². The van der Waals surface area contributed by atoms with E-state index in [-0.39, 0.29) is 31.0 Å². The van der Waals surface area contributed by atoms with Crippen molar-refractivity contribution in [2.75, 3.05) is 44.7 Å². The van der Waals surface area contributed by atoms with Crippen molar-refractivity contribution in [3.8, 4) is 5.75 Å². The van der Waals surface area contributed by atoms with Gasteiger partial charge in [-0.1, -0.05) is 46.3 Å². The van der Waals surface area contributed by atoms with Crippen LogP contribution in [0.4, 0.5) is 5.69 Å². The van der Waals surface area contributed by atoms with E-state index in [4.69, 9.17) is 4.74 Å². The highest BCUT2D eigenvalue weighted by Gasteiger charge is 2.34. The molecule has 7 heteroatoms. The number of rotatable bonds is 3. The van der Waals surface area contributed by atoms with Gasteiger partial charge in [-0.15, -0.1) is 0 Å². The Hall–Kier alpha value is -2.38. The molecule has 2 heterocycles. The average Bonchev–Trinajstić information content (AvgIpc) is 2.70. The van der Waals surface area contributed by atoms with Gasteiger partial charge in [-0.2, -0.15) is 0 Å². The molecule has 1 atom stereocenters. The molecule has 0 saturated carbocycles. The van der Waals surface area contributed by atoms with Crippen molar-refractivity contribution in [3.05, 3.63) is 58.6 Å². The molecule has 2 aromatic rings. The molecular formula is C21H22BrN3O3. The van der Waals surface area contributed by atoms with Gasteiger partial charge < -0.3 is 14.5 Å². The van der Waals surface area contributed by atoms with Crippen LogP contribution >= 0.6 is 15.9 Å². The van der Waals surface area contributed by atoms with Crippen LogP contribution in [0, 0.1) is 0 Å². The van der Waals surface area contributed by atoms with Crippen molar-refractivity contribution in [1.29, 1.82) is 0 Å². The molecule has 2 aliphatic heterocycles. The summed E-state index contributed by atoms with van der Waals surface area (Å²) in [7, 11) is 2.07. The largest absolute Gasteiger partial charge is 0.482 e. The minimum Gasteiger partial charge on any atom is -0.482 e. The van der Waals surface area contributed by atoms with Crippen LogP contribution in [0.3, 0.4) is 0 Å². The molecule has 0 radical (unpaired) electrons. The highest BCUT2D eigenvalue weighted by Crippen LogP contribution is 2.35. The molecule has 0 N–H and O–H groups in total. The number of anilines is 1. The summed E-state index contributed by atoms with van der Waals surface area (Å²) in [5, 5.41) is 0. The predicted octanol–water partition coefficient (Wildman–Crippen LogP) is 2.69. The number of carbonyl (C=O) groups excluding carboxylic acids is 2. The highest BCUT2D eigenvalue weighted by atomic mass is 79.9. The fourth-order valence-corrected chi connectivity index (χ4v) is 4.10. The summed E-state index contributed by atoms with van der Waals surface area (Å²) in [4.78, 5) is 31.4. The van der Waals surface area contributed by atoms with Gasteiger partial charge in [0.05, 0.1) is 11.7 Å². The van der Waals surface area contributed by atoms with Crippen molar-refractivity contribution in [1.82, 2.24) is 9.80 Å². The van der Waals surface area contributed by atoms with Crippen molar-refractivity contribution in [2.24, 2.45) is 0 Å². The average molecular weight is 444 g/mol. The first kappa shape index (κ1) is 19.0. The third-order valence-electron chi connectivity index (χ3n) is 5.25. The second-order valence-electron chi connectivity index (χ2n) is 7.16. The number of piperazine rings is 1. The molecule has 2 aromatic carbocycles. The zero-order valence-corrected chi connectivity index (χ0v) is 17.3. The van der Waals surface area contributed by atoms with Crippen molar-refractivity contribution < 1.29 is 14.3 Å². The number of benzene rings is 2. The van der Waals surface area contributed by atoms with Crippen LogP contribution in [-0.4, -0.2) is 61.4 Å². The molecule has 2 aliphatic rings. The third kappa shape index (κ3) is 3.77. The SMILES string of the molecule is CN1CCN(C(=O)CN2C(=O)COc3cc(Br)ccc32)[C@@H](c2ccccc2)C1. The van der Waals surface area contributed by atoms with Gasteiger partial charge in [0.15, 0.2) is 6.61 Å². The fraction of sp³-hybridized carbons (Fsp3) is 0.333. The molecule has 4 rings (SSSR count). The Bertz CT molecular complexity index is 890. The Morgan fingerprint density at radius 1 is 1.18 bits per heavy atom. The van der Waals surface area contributed by atoms with Gasteiger partial charge in [0, 0.05) is 24.1 Å². The van der Waals surface area contributed by atoms with Gasteiger partial charge >= 0.3 is 0 Å². The molecule has 0 aliphatic carbocycles. The quantitative estimate of drug-likeness (QED) is 0.731. The van der Waals surface area contributed by atoms with E-state index < -0.39 is 0 Å². The van der Waals surface area contributed by atoms with Crippen molar-refractivity contribution in [2.45, 2.75) is 6.04 Å². The van der Waals surface area contributed by atoms with Gasteiger partial charge in [0.1, 0.15) is 12.3 Å². The molecule has 0 aromatic heterocycles. The maximum Gasteiger partial charge on any atom is 0.265 e. The van der Waals surface area contributed by atoms with Crippen LogP contribution in [0.25, 0.3) is 0 Å². The van der Waals surface area contributed by atoms with E-state index >= 15 is 0 Å². The Balaban J connectivity index is 1.58. The van der Waals surface area contributed by atoms with Gasteiger partial charge in [-0.05, 0) is 30.8 Å². The van der Waals surface area contributed by atoms with Crippen LogP contribution < -0.4 is 9.64 Å². The Morgan fingerprint density at radius 2 is 1.96 bits per heavy atom. The molecule has 0 spiro atoms. The van der Waals surface area contributed by atoms with E-state index in [1.54, 1.807) is 0 Å². The van der Waals surface area contributed by atoms with Gasteiger partial charge in [-0.25, -0.2) is 0 Å². The lowest BCUT2D eigenvalue weighted by Crippen LogP contribution is -2.53. The van der Waals surface area contributed by atoms with Gasteiger partial charge in [-0.3, -0.25) is 14.5 Å². The lowest BCUT2D eigenvalue weighted by Gasteiger charge is -2.41. The zero-order chi connectivity index (χ0) is 19.7. The number of nitrogens with zero attached hydrogens (tertiary/aromatic N) is 3. The van der Waals surface area contributed by atoms with E-state index in [0.717, 1.165) is 23.1 Å². The Labute approximate surface area is 172 Å². The number of amides is 2. The maximum absolute atomic E-state index is 13.2. The highest BCUT2D eigenvalue weighted by molar-refractivity contribution is 9.10. The second-order valence-corrected chi connectivity index (χ2v) is 8.07. The molecular weight excluding hydrogens is 422 g/mol. The van der Waals surface area contributed by atoms with Crippen LogP contribution in [0.5, 0.6) is 5.75 Å². The topological polar surface area (TPSA) is 53.1 Å². The van der Waals surface area contributed by atoms with Crippen LogP contribution in [0.2, 0.25) is 0 Å². The summed E-state index contributed by atoms with van der Waals surface area (Å²) in [5.74, 6) is 0.361. The van der Waals surface area contributed by atoms with E-state index in [1.807, 2.05) is 41.3 Å². The first-order valence-corrected chi connectivity index (χ1v) is 10.1. The number of ether oxygens (including phenoxy) is 1. The Morgan fingerprint density at radius 3 is 2.75 bits per heavy atom. The zero-order valence-electron chi connectivity index (χ0n) is 15.7. The van der Waals surface area contributed by atoms with Gasteiger partial charge in [0.2, 0.25) is 5.91 Å². The number of fused-ring (bicyclic) bond motifs is 1. The summed E-state index contributed by atoms with van der Waals surface area (Å²) in [5.41, 5.74) is 1.75. The van der Waals surface area contributed by atoms with E-state index in [1.165, 1.54) is 4.90 Å². The summed E-state index contributed by atoms with van der Waals surface area (Å²) in [6.07, 6.45) is 0. The molecule has 28 heavy (non-hydrogen) atoms. The lowest BCUT2D eigenvalue weighted by molar-refractivity contribution is -0.136. The third-order valence-corrected chi connectivity index (χ3v) is 5.74. The summed E-state index contributed by atoms with van der Waals surface area (Å²) in [6.45, 7) is 2.19. The number of carbonyl (C=O) groups is 2.